The lowest BCUT2D eigenvalue weighted by Gasteiger charge is -2.18. The van der Waals surface area contributed by atoms with E-state index in [2.05, 4.69) is 15.6 Å². The van der Waals surface area contributed by atoms with Crippen LogP contribution in [0.1, 0.15) is 36.3 Å². The van der Waals surface area contributed by atoms with Crippen molar-refractivity contribution in [1.82, 2.24) is 9.88 Å². The van der Waals surface area contributed by atoms with Gasteiger partial charge in [-0.1, -0.05) is 0 Å². The van der Waals surface area contributed by atoms with E-state index < -0.39 is 0 Å². The van der Waals surface area contributed by atoms with Gasteiger partial charge in [-0.2, -0.15) is 0 Å². The van der Waals surface area contributed by atoms with E-state index in [1.807, 2.05) is 12.1 Å². The smallest absolute Gasteiger partial charge is 0.321 e. The highest BCUT2D eigenvalue weighted by atomic mass is 19.1. The van der Waals surface area contributed by atoms with Crippen LogP contribution in [-0.4, -0.2) is 34.9 Å². The first-order chi connectivity index (χ1) is 13.1. The van der Waals surface area contributed by atoms with Crippen molar-refractivity contribution in [2.75, 3.05) is 23.7 Å². The van der Waals surface area contributed by atoms with Crippen LogP contribution in [0.4, 0.5) is 20.6 Å². The summed E-state index contributed by atoms with van der Waals surface area (Å²) < 4.78 is 13.4. The summed E-state index contributed by atoms with van der Waals surface area (Å²) in [6, 6.07) is 6.87. The summed E-state index contributed by atoms with van der Waals surface area (Å²) in [5, 5.41) is 5.82. The molecule has 2 aromatic rings. The number of anilines is 2. The van der Waals surface area contributed by atoms with Crippen LogP contribution < -0.4 is 10.6 Å². The minimum atomic E-state index is -0.354. The lowest BCUT2D eigenvalue weighted by Crippen LogP contribution is -2.32. The highest BCUT2D eigenvalue weighted by molar-refractivity contribution is 5.94. The third kappa shape index (κ3) is 3.92. The SMILES string of the molecule is O=C1CCCc2cc(NC(=O)N3CCC(c4cncc(F)c4)C3)ccc2N1. The highest BCUT2D eigenvalue weighted by Crippen LogP contribution is 2.29. The number of aryl methyl sites for hydroxylation is 1. The molecule has 4 rings (SSSR count). The van der Waals surface area contributed by atoms with Crippen LogP contribution in [0.5, 0.6) is 0 Å². The molecule has 1 saturated heterocycles. The minimum Gasteiger partial charge on any atom is -0.326 e. The monoisotopic (exact) mass is 368 g/mol. The summed E-state index contributed by atoms with van der Waals surface area (Å²) in [4.78, 5) is 29.9. The molecule has 3 heterocycles. The van der Waals surface area contributed by atoms with Gasteiger partial charge in [-0.25, -0.2) is 9.18 Å². The Bertz CT molecular complexity index is 886. The topological polar surface area (TPSA) is 74.3 Å². The van der Waals surface area contributed by atoms with E-state index in [1.54, 1.807) is 17.2 Å². The molecule has 140 valence electrons. The molecular formula is C20H21FN4O2. The first-order valence-electron chi connectivity index (χ1n) is 9.17. The number of halogens is 1. The van der Waals surface area contributed by atoms with Gasteiger partial charge in [0.1, 0.15) is 5.82 Å². The van der Waals surface area contributed by atoms with E-state index in [-0.39, 0.29) is 23.7 Å². The van der Waals surface area contributed by atoms with Crippen molar-refractivity contribution in [3.63, 3.8) is 0 Å². The van der Waals surface area contributed by atoms with Gasteiger partial charge in [0.05, 0.1) is 6.20 Å². The average Bonchev–Trinajstić information content (AvgIpc) is 3.07. The van der Waals surface area contributed by atoms with Crippen LogP contribution in [0.15, 0.2) is 36.7 Å². The van der Waals surface area contributed by atoms with E-state index in [4.69, 9.17) is 0 Å². The van der Waals surface area contributed by atoms with E-state index in [1.165, 1.54) is 12.3 Å². The maximum atomic E-state index is 13.4. The van der Waals surface area contributed by atoms with Crippen LogP contribution >= 0.6 is 0 Å². The van der Waals surface area contributed by atoms with Gasteiger partial charge in [0.15, 0.2) is 0 Å². The third-order valence-electron chi connectivity index (χ3n) is 5.15. The van der Waals surface area contributed by atoms with Gasteiger partial charge >= 0.3 is 6.03 Å². The average molecular weight is 368 g/mol. The summed E-state index contributed by atoms with van der Waals surface area (Å²) in [6.07, 6.45) is 5.75. The second-order valence-electron chi connectivity index (χ2n) is 7.07. The van der Waals surface area contributed by atoms with Gasteiger partial charge < -0.3 is 15.5 Å². The number of carbonyl (C=O) groups is 2. The third-order valence-corrected chi connectivity index (χ3v) is 5.15. The van der Waals surface area contributed by atoms with Crippen molar-refractivity contribution in [1.29, 1.82) is 0 Å². The predicted molar refractivity (Wildman–Crippen MR) is 100 cm³/mol. The normalized spacial score (nSPS) is 19.2. The van der Waals surface area contributed by atoms with Crippen LogP contribution in [0.2, 0.25) is 0 Å². The minimum absolute atomic E-state index is 0.0282. The summed E-state index contributed by atoms with van der Waals surface area (Å²) in [6.45, 7) is 1.16. The van der Waals surface area contributed by atoms with Gasteiger partial charge in [-0.3, -0.25) is 9.78 Å². The summed E-state index contributed by atoms with van der Waals surface area (Å²) in [5.41, 5.74) is 3.39. The summed E-state index contributed by atoms with van der Waals surface area (Å²) in [7, 11) is 0. The lowest BCUT2D eigenvalue weighted by molar-refractivity contribution is -0.116. The van der Waals surface area contributed by atoms with Gasteiger partial charge in [0.25, 0.3) is 0 Å². The quantitative estimate of drug-likeness (QED) is 0.852. The van der Waals surface area contributed by atoms with Gasteiger partial charge in [-0.05, 0) is 54.7 Å². The fourth-order valence-electron chi connectivity index (χ4n) is 3.72. The zero-order chi connectivity index (χ0) is 18.8. The van der Waals surface area contributed by atoms with Crippen molar-refractivity contribution >= 4 is 23.3 Å². The number of likely N-dealkylation sites (tertiary alicyclic amines) is 1. The zero-order valence-electron chi connectivity index (χ0n) is 14.9. The maximum absolute atomic E-state index is 13.4. The molecule has 6 nitrogen and oxygen atoms in total. The Morgan fingerprint density at radius 1 is 1.26 bits per heavy atom. The number of hydrogen-bond donors (Lipinski definition) is 2. The van der Waals surface area contributed by atoms with E-state index in [0.717, 1.165) is 36.1 Å². The van der Waals surface area contributed by atoms with E-state index in [0.29, 0.717) is 25.2 Å². The molecule has 1 aromatic carbocycles. The molecule has 1 fully saturated rings. The van der Waals surface area contributed by atoms with Gasteiger partial charge in [0.2, 0.25) is 5.91 Å². The van der Waals surface area contributed by atoms with E-state index in [9.17, 15) is 14.0 Å². The maximum Gasteiger partial charge on any atom is 0.321 e. The van der Waals surface area contributed by atoms with Crippen molar-refractivity contribution in [2.24, 2.45) is 0 Å². The fraction of sp³-hybridized carbons (Fsp3) is 0.350. The van der Waals surface area contributed by atoms with Gasteiger partial charge in [0, 0.05) is 43.0 Å². The Kier molecular flexibility index (Phi) is 4.75. The molecule has 7 heteroatoms. The molecule has 2 N–H and O–H groups in total. The molecule has 1 aromatic heterocycles. The van der Waals surface area contributed by atoms with E-state index >= 15 is 0 Å². The number of aromatic nitrogens is 1. The first-order valence-corrected chi connectivity index (χ1v) is 9.17. The molecule has 0 radical (unpaired) electrons. The standard InChI is InChI=1S/C20H21FN4O2/c21-16-8-15(10-22-11-16)14-6-7-25(12-14)20(27)23-17-4-5-18-13(9-17)2-1-3-19(26)24-18/h4-5,8-11,14H,1-3,6-7,12H2,(H,23,27)(H,24,26). The second kappa shape index (κ2) is 7.34. The molecule has 2 aliphatic heterocycles. The largest absolute Gasteiger partial charge is 0.326 e. The number of urea groups is 1. The number of benzene rings is 1. The molecule has 0 aliphatic carbocycles. The number of hydrogen-bond acceptors (Lipinski definition) is 3. The van der Waals surface area contributed by atoms with Crippen molar-refractivity contribution in [2.45, 2.75) is 31.6 Å². The number of amides is 3. The van der Waals surface area contributed by atoms with Gasteiger partial charge in [-0.15, -0.1) is 0 Å². The Labute approximate surface area is 156 Å². The Morgan fingerprint density at radius 2 is 2.15 bits per heavy atom. The molecule has 3 amide bonds. The molecule has 0 bridgehead atoms. The van der Waals surface area contributed by atoms with Crippen molar-refractivity contribution in [3.05, 3.63) is 53.6 Å². The van der Waals surface area contributed by atoms with Crippen LogP contribution in [0, 0.1) is 5.82 Å². The molecule has 27 heavy (non-hydrogen) atoms. The highest BCUT2D eigenvalue weighted by Gasteiger charge is 2.28. The number of nitrogens with zero attached hydrogens (tertiary/aromatic N) is 2. The molecule has 0 spiro atoms. The van der Waals surface area contributed by atoms with Crippen molar-refractivity contribution < 1.29 is 14.0 Å². The van der Waals surface area contributed by atoms with Crippen LogP contribution in [-0.2, 0) is 11.2 Å². The number of rotatable bonds is 2. The number of nitrogens with one attached hydrogen (secondary N) is 2. The molecular weight excluding hydrogens is 347 g/mol. The summed E-state index contributed by atoms with van der Waals surface area (Å²) >= 11 is 0. The van der Waals surface area contributed by atoms with Crippen molar-refractivity contribution in [3.8, 4) is 0 Å². The lowest BCUT2D eigenvalue weighted by atomic mass is 10.0. The Hall–Kier alpha value is -2.96. The summed E-state index contributed by atoms with van der Waals surface area (Å²) in [5.74, 6) is -0.228. The predicted octanol–water partition coefficient (Wildman–Crippen LogP) is 3.52. The Morgan fingerprint density at radius 3 is 3.00 bits per heavy atom. The second-order valence-corrected chi connectivity index (χ2v) is 7.07. The van der Waals surface area contributed by atoms with Crippen LogP contribution in [0.25, 0.3) is 0 Å². The Balaban J connectivity index is 1.41. The number of carbonyl (C=O) groups excluding carboxylic acids is 2. The molecule has 1 unspecified atom stereocenters. The number of pyridine rings is 1. The zero-order valence-corrected chi connectivity index (χ0v) is 14.9. The molecule has 1 atom stereocenters. The molecule has 2 aliphatic rings. The number of fused-ring (bicyclic) bond motifs is 1. The fourth-order valence-corrected chi connectivity index (χ4v) is 3.72. The molecule has 0 saturated carbocycles. The van der Waals surface area contributed by atoms with Crippen LogP contribution in [0.3, 0.4) is 0 Å². The first kappa shape index (κ1) is 17.5.